The first-order chi connectivity index (χ1) is 7.54. The summed E-state index contributed by atoms with van der Waals surface area (Å²) in [5.41, 5.74) is 6.81. The number of benzene rings is 1. The van der Waals surface area contributed by atoms with Crippen LogP contribution in [0, 0.1) is 0 Å². The zero-order valence-electron chi connectivity index (χ0n) is 9.50. The molecule has 88 valence electrons. The molecule has 0 aliphatic carbocycles. The van der Waals surface area contributed by atoms with Gasteiger partial charge in [0.05, 0.1) is 7.11 Å². The lowest BCUT2D eigenvalue weighted by molar-refractivity contribution is -0.117. The summed E-state index contributed by atoms with van der Waals surface area (Å²) in [6.45, 7) is 1.56. The van der Waals surface area contributed by atoms with E-state index in [1.165, 1.54) is 0 Å². The van der Waals surface area contributed by atoms with Crippen LogP contribution in [-0.2, 0) is 4.79 Å². The van der Waals surface area contributed by atoms with E-state index < -0.39 is 0 Å². The van der Waals surface area contributed by atoms with E-state index in [1.54, 1.807) is 20.1 Å². The number of ketones is 1. The lowest BCUT2D eigenvalue weighted by atomic mass is 10.0. The summed E-state index contributed by atoms with van der Waals surface area (Å²) < 4.78 is 5.05. The van der Waals surface area contributed by atoms with Crippen LogP contribution in [0.25, 0.3) is 0 Å². The average molecular weight is 242 g/mol. The van der Waals surface area contributed by atoms with Gasteiger partial charge in [-0.15, -0.1) is 0 Å². The molecular weight excluding hydrogens is 226 g/mol. The van der Waals surface area contributed by atoms with Gasteiger partial charge in [0.2, 0.25) is 0 Å². The zero-order valence-corrected chi connectivity index (χ0v) is 10.3. The molecule has 0 bridgehead atoms. The summed E-state index contributed by atoms with van der Waals surface area (Å²) in [6, 6.07) is 5.17. The second kappa shape index (κ2) is 5.87. The predicted molar refractivity (Wildman–Crippen MR) is 64.8 cm³/mol. The summed E-state index contributed by atoms with van der Waals surface area (Å²) in [5, 5.41) is 0.579. The summed E-state index contributed by atoms with van der Waals surface area (Å²) in [7, 11) is 1.58. The molecule has 0 aliphatic heterocycles. The van der Waals surface area contributed by atoms with Crippen molar-refractivity contribution in [3.8, 4) is 5.75 Å². The summed E-state index contributed by atoms with van der Waals surface area (Å²) in [6.07, 6.45) is 1.09. The standard InChI is InChI=1S/C12H16ClNO2/c1-8(15)3-6-12(14)10-5-4-9(16-2)7-11(10)13/h4-5,7,12H,3,6,14H2,1-2H3. The van der Waals surface area contributed by atoms with E-state index >= 15 is 0 Å². The second-order valence-corrected chi connectivity index (χ2v) is 4.14. The molecule has 0 aliphatic rings. The van der Waals surface area contributed by atoms with Crippen LogP contribution in [0.5, 0.6) is 5.75 Å². The average Bonchev–Trinajstić information content (AvgIpc) is 2.25. The van der Waals surface area contributed by atoms with Gasteiger partial charge in [-0.3, -0.25) is 0 Å². The molecule has 1 aromatic carbocycles. The van der Waals surface area contributed by atoms with Gasteiger partial charge >= 0.3 is 0 Å². The number of carbonyl (C=O) groups excluding carboxylic acids is 1. The van der Waals surface area contributed by atoms with Gasteiger partial charge in [0.25, 0.3) is 0 Å². The monoisotopic (exact) mass is 241 g/mol. The Kier molecular flexibility index (Phi) is 4.77. The summed E-state index contributed by atoms with van der Waals surface area (Å²) in [4.78, 5) is 10.9. The van der Waals surface area contributed by atoms with Gasteiger partial charge < -0.3 is 15.3 Å². The van der Waals surface area contributed by atoms with E-state index in [0.29, 0.717) is 23.6 Å². The van der Waals surface area contributed by atoms with Crippen LogP contribution in [0.2, 0.25) is 5.02 Å². The minimum Gasteiger partial charge on any atom is -0.497 e. The Bertz CT molecular complexity index is 379. The van der Waals surface area contributed by atoms with Crippen molar-refractivity contribution in [1.29, 1.82) is 0 Å². The number of Topliss-reactive ketones (excluding diaryl/α,β-unsaturated/α-hetero) is 1. The van der Waals surface area contributed by atoms with E-state index in [-0.39, 0.29) is 11.8 Å². The fraction of sp³-hybridized carbons (Fsp3) is 0.417. The third-order valence-corrected chi connectivity index (χ3v) is 2.74. The Hall–Kier alpha value is -1.06. The fourth-order valence-electron chi connectivity index (χ4n) is 1.45. The van der Waals surface area contributed by atoms with Crippen molar-refractivity contribution in [1.82, 2.24) is 0 Å². The fourth-order valence-corrected chi connectivity index (χ4v) is 1.76. The summed E-state index contributed by atoms with van der Waals surface area (Å²) in [5.74, 6) is 0.840. The molecule has 0 saturated heterocycles. The first-order valence-electron chi connectivity index (χ1n) is 5.13. The van der Waals surface area contributed by atoms with Crippen LogP contribution >= 0.6 is 11.6 Å². The first kappa shape index (κ1) is 13.0. The van der Waals surface area contributed by atoms with Gasteiger partial charge in [0.15, 0.2) is 0 Å². The van der Waals surface area contributed by atoms with E-state index in [2.05, 4.69) is 0 Å². The number of ether oxygens (including phenoxy) is 1. The van der Waals surface area contributed by atoms with Crippen LogP contribution in [0.3, 0.4) is 0 Å². The number of methoxy groups -OCH3 is 1. The van der Waals surface area contributed by atoms with Gasteiger partial charge in [-0.25, -0.2) is 0 Å². The maximum Gasteiger partial charge on any atom is 0.129 e. The molecule has 0 aromatic heterocycles. The highest BCUT2D eigenvalue weighted by atomic mass is 35.5. The molecule has 2 N–H and O–H groups in total. The highest BCUT2D eigenvalue weighted by molar-refractivity contribution is 6.31. The Balaban J connectivity index is 2.75. The van der Waals surface area contributed by atoms with Crippen molar-refractivity contribution in [2.45, 2.75) is 25.8 Å². The van der Waals surface area contributed by atoms with Crippen LogP contribution in [0.1, 0.15) is 31.4 Å². The molecular formula is C12H16ClNO2. The number of hydrogen-bond donors (Lipinski definition) is 1. The third kappa shape index (κ3) is 3.51. The van der Waals surface area contributed by atoms with Crippen molar-refractivity contribution < 1.29 is 9.53 Å². The molecule has 1 atom stereocenters. The maximum absolute atomic E-state index is 10.9. The highest BCUT2D eigenvalue weighted by Crippen LogP contribution is 2.28. The zero-order chi connectivity index (χ0) is 12.1. The van der Waals surface area contributed by atoms with Crippen molar-refractivity contribution >= 4 is 17.4 Å². The Morgan fingerprint density at radius 1 is 1.56 bits per heavy atom. The normalized spacial score (nSPS) is 12.2. The number of hydrogen-bond acceptors (Lipinski definition) is 3. The predicted octanol–water partition coefficient (Wildman–Crippen LogP) is 2.72. The number of rotatable bonds is 5. The SMILES string of the molecule is COc1ccc(C(N)CCC(C)=O)c(Cl)c1. The van der Waals surface area contributed by atoms with E-state index in [0.717, 1.165) is 5.56 Å². The van der Waals surface area contributed by atoms with E-state index in [9.17, 15) is 4.79 Å². The van der Waals surface area contributed by atoms with Crippen LogP contribution in [0.4, 0.5) is 0 Å². The third-order valence-electron chi connectivity index (χ3n) is 2.41. The van der Waals surface area contributed by atoms with Gasteiger partial charge in [0, 0.05) is 17.5 Å². The molecule has 1 aromatic rings. The lowest BCUT2D eigenvalue weighted by Gasteiger charge is -2.13. The molecule has 0 radical (unpaired) electrons. The molecule has 0 saturated carbocycles. The molecule has 3 nitrogen and oxygen atoms in total. The van der Waals surface area contributed by atoms with E-state index in [4.69, 9.17) is 22.1 Å². The maximum atomic E-state index is 10.9. The Morgan fingerprint density at radius 2 is 2.25 bits per heavy atom. The Morgan fingerprint density at radius 3 is 2.75 bits per heavy atom. The minimum atomic E-state index is -0.206. The molecule has 0 amide bonds. The minimum absolute atomic E-state index is 0.139. The van der Waals surface area contributed by atoms with Crippen molar-refractivity contribution in [3.63, 3.8) is 0 Å². The van der Waals surface area contributed by atoms with Gasteiger partial charge in [0.1, 0.15) is 11.5 Å². The number of nitrogens with two attached hydrogens (primary N) is 1. The molecule has 1 unspecified atom stereocenters. The van der Waals surface area contributed by atoms with Crippen LogP contribution in [-0.4, -0.2) is 12.9 Å². The van der Waals surface area contributed by atoms with Crippen molar-refractivity contribution in [2.75, 3.05) is 7.11 Å². The van der Waals surface area contributed by atoms with Gasteiger partial charge in [-0.05, 0) is 31.0 Å². The quantitative estimate of drug-likeness (QED) is 0.863. The molecule has 1 rings (SSSR count). The molecule has 4 heteroatoms. The second-order valence-electron chi connectivity index (χ2n) is 3.73. The topological polar surface area (TPSA) is 52.3 Å². The van der Waals surface area contributed by atoms with Crippen molar-refractivity contribution in [3.05, 3.63) is 28.8 Å². The van der Waals surface area contributed by atoms with Gasteiger partial charge in [-0.2, -0.15) is 0 Å². The molecule has 0 heterocycles. The van der Waals surface area contributed by atoms with E-state index in [1.807, 2.05) is 12.1 Å². The molecule has 0 fully saturated rings. The number of halogens is 1. The molecule has 16 heavy (non-hydrogen) atoms. The highest BCUT2D eigenvalue weighted by Gasteiger charge is 2.11. The largest absolute Gasteiger partial charge is 0.497 e. The smallest absolute Gasteiger partial charge is 0.129 e. The lowest BCUT2D eigenvalue weighted by Crippen LogP contribution is -2.12. The summed E-state index contributed by atoms with van der Waals surface area (Å²) >= 11 is 6.07. The first-order valence-corrected chi connectivity index (χ1v) is 5.51. The molecule has 0 spiro atoms. The van der Waals surface area contributed by atoms with Crippen LogP contribution in [0.15, 0.2) is 18.2 Å². The van der Waals surface area contributed by atoms with Crippen LogP contribution < -0.4 is 10.5 Å². The van der Waals surface area contributed by atoms with Gasteiger partial charge in [-0.1, -0.05) is 17.7 Å². The number of carbonyl (C=O) groups is 1. The Labute approximate surface area is 101 Å². The van der Waals surface area contributed by atoms with Crippen molar-refractivity contribution in [2.24, 2.45) is 5.73 Å².